The highest BCUT2D eigenvalue weighted by Gasteiger charge is 2.07. The summed E-state index contributed by atoms with van der Waals surface area (Å²) in [5.74, 6) is 1.20. The van der Waals surface area contributed by atoms with Crippen LogP contribution in [0.3, 0.4) is 0 Å². The first-order valence-corrected chi connectivity index (χ1v) is 6.52. The summed E-state index contributed by atoms with van der Waals surface area (Å²) in [7, 11) is 0. The number of hydrogen-bond acceptors (Lipinski definition) is 4. The smallest absolute Gasteiger partial charge is 0.257 e. The maximum atomic E-state index is 5.15. The van der Waals surface area contributed by atoms with Gasteiger partial charge in [0, 0.05) is 11.3 Å². The molecule has 1 aromatic carbocycles. The van der Waals surface area contributed by atoms with Crippen molar-refractivity contribution in [3.05, 3.63) is 53.1 Å². The van der Waals surface area contributed by atoms with Crippen molar-refractivity contribution >= 4 is 0 Å². The van der Waals surface area contributed by atoms with Gasteiger partial charge >= 0.3 is 0 Å². The molecule has 0 fully saturated rings. The van der Waals surface area contributed by atoms with Gasteiger partial charge in [0.15, 0.2) is 5.82 Å². The summed E-state index contributed by atoms with van der Waals surface area (Å²) in [6, 6.07) is 10.2. The van der Waals surface area contributed by atoms with E-state index in [1.807, 2.05) is 30.7 Å². The van der Waals surface area contributed by atoms with Crippen LogP contribution < -0.4 is 0 Å². The Morgan fingerprint density at radius 2 is 1.85 bits per heavy atom. The van der Waals surface area contributed by atoms with Crippen LogP contribution in [0.2, 0.25) is 0 Å². The quantitative estimate of drug-likeness (QED) is 0.733. The van der Waals surface area contributed by atoms with Gasteiger partial charge in [-0.1, -0.05) is 17.3 Å². The Balaban J connectivity index is 1.81. The maximum Gasteiger partial charge on any atom is 0.257 e. The third-order valence-electron chi connectivity index (χ3n) is 3.16. The molecular formula is C15H16N4O. The fourth-order valence-electron chi connectivity index (χ4n) is 2.18. The zero-order valence-electron chi connectivity index (χ0n) is 11.8. The minimum absolute atomic E-state index is 0.556. The minimum Gasteiger partial charge on any atom is -0.334 e. The Morgan fingerprint density at radius 3 is 2.40 bits per heavy atom. The number of rotatable bonds is 3. The van der Waals surface area contributed by atoms with Crippen molar-refractivity contribution in [1.82, 2.24) is 19.9 Å². The molecule has 3 aromatic rings. The molecule has 20 heavy (non-hydrogen) atoms. The Bertz CT molecular complexity index is 725. The van der Waals surface area contributed by atoms with Crippen LogP contribution in [0, 0.1) is 20.8 Å². The van der Waals surface area contributed by atoms with Gasteiger partial charge in [-0.05, 0) is 44.5 Å². The van der Waals surface area contributed by atoms with E-state index in [2.05, 4.69) is 40.4 Å². The molecule has 0 aliphatic rings. The number of nitrogens with zero attached hydrogens (tertiary/aromatic N) is 4. The normalized spacial score (nSPS) is 10.9. The molecule has 0 spiro atoms. The molecule has 2 aromatic heterocycles. The summed E-state index contributed by atoms with van der Waals surface area (Å²) < 4.78 is 7.15. The Labute approximate surface area is 117 Å². The molecule has 5 nitrogen and oxygen atoms in total. The van der Waals surface area contributed by atoms with Crippen LogP contribution in [0.4, 0.5) is 0 Å². The number of benzene rings is 1. The molecule has 5 heteroatoms. The molecule has 0 aliphatic heterocycles. The monoisotopic (exact) mass is 268 g/mol. The summed E-state index contributed by atoms with van der Waals surface area (Å²) in [6.45, 7) is 6.65. The van der Waals surface area contributed by atoms with E-state index in [0.29, 0.717) is 11.7 Å². The van der Waals surface area contributed by atoms with Crippen LogP contribution in [-0.2, 0) is 6.54 Å². The second kappa shape index (κ2) is 4.92. The predicted octanol–water partition coefficient (Wildman–Crippen LogP) is 2.91. The lowest BCUT2D eigenvalue weighted by molar-refractivity contribution is 0.425. The molecule has 2 heterocycles. The van der Waals surface area contributed by atoms with Gasteiger partial charge in [-0.2, -0.15) is 10.1 Å². The third-order valence-corrected chi connectivity index (χ3v) is 3.16. The highest BCUT2D eigenvalue weighted by Crippen LogP contribution is 2.18. The summed E-state index contributed by atoms with van der Waals surface area (Å²) >= 11 is 0. The summed E-state index contributed by atoms with van der Waals surface area (Å²) in [5, 5.41) is 8.26. The maximum absolute atomic E-state index is 5.15. The summed E-state index contributed by atoms with van der Waals surface area (Å²) in [6.07, 6.45) is 0. The zero-order valence-corrected chi connectivity index (χ0v) is 11.8. The first kappa shape index (κ1) is 12.6. The average molecular weight is 268 g/mol. The van der Waals surface area contributed by atoms with E-state index >= 15 is 0 Å². The second-order valence-electron chi connectivity index (χ2n) is 4.93. The van der Waals surface area contributed by atoms with E-state index in [0.717, 1.165) is 17.8 Å². The van der Waals surface area contributed by atoms with Gasteiger partial charge in [0.05, 0.1) is 12.2 Å². The van der Waals surface area contributed by atoms with Crippen molar-refractivity contribution in [2.75, 3.05) is 0 Å². The van der Waals surface area contributed by atoms with Gasteiger partial charge in [-0.3, -0.25) is 4.68 Å². The first-order valence-electron chi connectivity index (χ1n) is 6.52. The summed E-state index contributed by atoms with van der Waals surface area (Å²) in [4.78, 5) is 4.22. The lowest BCUT2D eigenvalue weighted by Gasteiger charge is -2.05. The largest absolute Gasteiger partial charge is 0.334 e. The molecule has 3 rings (SSSR count). The second-order valence-corrected chi connectivity index (χ2v) is 4.93. The summed E-state index contributed by atoms with van der Waals surface area (Å²) in [5.41, 5.74) is 4.33. The Morgan fingerprint density at radius 1 is 1.10 bits per heavy atom. The SMILES string of the molecule is Cc1cc(C)n(Cc2ccc(-c3nc(C)no3)cc2)n1. The van der Waals surface area contributed by atoms with E-state index in [1.165, 1.54) is 11.3 Å². The molecule has 0 N–H and O–H groups in total. The molecule has 0 radical (unpaired) electrons. The van der Waals surface area contributed by atoms with Gasteiger partial charge in [0.1, 0.15) is 0 Å². The van der Waals surface area contributed by atoms with Crippen molar-refractivity contribution < 1.29 is 4.52 Å². The fraction of sp³-hybridized carbons (Fsp3) is 0.267. The van der Waals surface area contributed by atoms with E-state index < -0.39 is 0 Å². The topological polar surface area (TPSA) is 56.7 Å². The van der Waals surface area contributed by atoms with Crippen molar-refractivity contribution in [3.8, 4) is 11.5 Å². The highest BCUT2D eigenvalue weighted by molar-refractivity contribution is 5.53. The van der Waals surface area contributed by atoms with Gasteiger partial charge in [0.25, 0.3) is 5.89 Å². The molecular weight excluding hydrogens is 252 g/mol. The van der Waals surface area contributed by atoms with Crippen molar-refractivity contribution in [2.45, 2.75) is 27.3 Å². The van der Waals surface area contributed by atoms with Crippen molar-refractivity contribution in [2.24, 2.45) is 0 Å². The van der Waals surface area contributed by atoms with Crippen LogP contribution in [-0.4, -0.2) is 19.9 Å². The third kappa shape index (κ3) is 2.47. The number of aryl methyl sites for hydroxylation is 3. The Hall–Kier alpha value is -2.43. The van der Waals surface area contributed by atoms with Gasteiger partial charge in [0.2, 0.25) is 0 Å². The van der Waals surface area contributed by atoms with E-state index in [-0.39, 0.29) is 0 Å². The first-order chi connectivity index (χ1) is 9.61. The molecule has 0 amide bonds. The predicted molar refractivity (Wildman–Crippen MR) is 75.3 cm³/mol. The van der Waals surface area contributed by atoms with Gasteiger partial charge in [-0.15, -0.1) is 0 Å². The molecule has 0 saturated heterocycles. The molecule has 0 unspecified atom stereocenters. The van der Waals surface area contributed by atoms with Crippen LogP contribution in [0.15, 0.2) is 34.9 Å². The van der Waals surface area contributed by atoms with Crippen LogP contribution in [0.25, 0.3) is 11.5 Å². The molecule has 0 saturated carbocycles. The molecule has 0 bridgehead atoms. The van der Waals surface area contributed by atoms with Crippen molar-refractivity contribution in [3.63, 3.8) is 0 Å². The zero-order chi connectivity index (χ0) is 14.1. The van der Waals surface area contributed by atoms with Crippen LogP contribution in [0.1, 0.15) is 22.8 Å². The van der Waals surface area contributed by atoms with E-state index in [9.17, 15) is 0 Å². The average Bonchev–Trinajstić information content (AvgIpc) is 2.97. The van der Waals surface area contributed by atoms with Crippen LogP contribution >= 0.6 is 0 Å². The lowest BCUT2D eigenvalue weighted by atomic mass is 10.1. The standard InChI is InChI=1S/C15H16N4O/c1-10-8-11(2)19(17-10)9-13-4-6-14(7-5-13)15-16-12(3)18-20-15/h4-8H,9H2,1-3H3. The lowest BCUT2D eigenvalue weighted by Crippen LogP contribution is -2.03. The van der Waals surface area contributed by atoms with Crippen molar-refractivity contribution in [1.29, 1.82) is 0 Å². The van der Waals surface area contributed by atoms with E-state index in [1.54, 1.807) is 0 Å². The highest BCUT2D eigenvalue weighted by atomic mass is 16.5. The molecule has 102 valence electrons. The number of hydrogen-bond donors (Lipinski definition) is 0. The fourth-order valence-corrected chi connectivity index (χ4v) is 2.18. The molecule has 0 atom stereocenters. The van der Waals surface area contributed by atoms with Gasteiger partial charge < -0.3 is 4.52 Å². The molecule has 0 aliphatic carbocycles. The minimum atomic E-state index is 0.556. The van der Waals surface area contributed by atoms with Gasteiger partial charge in [-0.25, -0.2) is 0 Å². The van der Waals surface area contributed by atoms with Crippen LogP contribution in [0.5, 0.6) is 0 Å². The number of aromatic nitrogens is 4. The van der Waals surface area contributed by atoms with E-state index in [4.69, 9.17) is 4.52 Å². The Kier molecular flexibility index (Phi) is 3.10.